The first-order valence-corrected chi connectivity index (χ1v) is 9.58. The Bertz CT molecular complexity index is 866. The molecule has 0 aliphatic heterocycles. The second-order valence-electron chi connectivity index (χ2n) is 5.54. The zero-order valence-electron chi connectivity index (χ0n) is 15.2. The second-order valence-corrected chi connectivity index (χ2v) is 7.22. The van der Waals surface area contributed by atoms with Gasteiger partial charge in [0.2, 0.25) is 11.9 Å². The molecule has 0 radical (unpaired) electrons. The highest BCUT2D eigenvalue weighted by Crippen LogP contribution is 2.13. The van der Waals surface area contributed by atoms with Crippen LogP contribution in [0.4, 0.5) is 16.7 Å². The smallest absolute Gasteiger partial charge is 0.337 e. The topological polar surface area (TPSA) is 108 Å². The molecule has 1 N–H and O–H groups in total. The number of carbonyl (C=O) groups excluding carboxylic acids is 1. The number of carbonyl (C=O) groups is 1. The van der Waals surface area contributed by atoms with Crippen LogP contribution >= 0.6 is 0 Å². The summed E-state index contributed by atoms with van der Waals surface area (Å²) in [6.45, 7) is 7.14. The molecule has 10 heteroatoms. The van der Waals surface area contributed by atoms with Gasteiger partial charge in [0.25, 0.3) is 10.0 Å². The Morgan fingerprint density at radius 1 is 1.08 bits per heavy atom. The van der Waals surface area contributed by atoms with Crippen LogP contribution in [0.15, 0.2) is 35.5 Å². The number of nitrogens with zero attached hydrogens (tertiary/aromatic N) is 5. The van der Waals surface area contributed by atoms with Gasteiger partial charge in [-0.2, -0.15) is 4.98 Å². The number of anilines is 2. The van der Waals surface area contributed by atoms with E-state index in [1.807, 2.05) is 30.4 Å². The molecule has 1 aromatic carbocycles. The number of amides is 2. The lowest BCUT2D eigenvalue weighted by Crippen LogP contribution is -2.41. The minimum atomic E-state index is -3.99. The van der Waals surface area contributed by atoms with Gasteiger partial charge >= 0.3 is 6.03 Å². The summed E-state index contributed by atoms with van der Waals surface area (Å²) in [4.78, 5) is 27.5. The number of hydrogen-bond donors (Lipinski definition) is 1. The van der Waals surface area contributed by atoms with E-state index in [9.17, 15) is 13.2 Å². The maximum absolute atomic E-state index is 12.3. The summed E-state index contributed by atoms with van der Waals surface area (Å²) in [6, 6.07) is 5.33. The van der Waals surface area contributed by atoms with E-state index < -0.39 is 16.1 Å². The van der Waals surface area contributed by atoms with E-state index in [-0.39, 0.29) is 10.8 Å². The first-order chi connectivity index (χ1) is 12.3. The van der Waals surface area contributed by atoms with Crippen LogP contribution in [0.3, 0.4) is 0 Å². The van der Waals surface area contributed by atoms with Gasteiger partial charge in [-0.15, -0.1) is 0 Å². The van der Waals surface area contributed by atoms with Crippen molar-refractivity contribution in [2.75, 3.05) is 29.9 Å². The summed E-state index contributed by atoms with van der Waals surface area (Å²) in [5, 5.41) is 0. The fraction of sp³-hybridized carbons (Fsp3) is 0.375. The molecule has 0 fully saturated rings. The molecule has 2 amide bonds. The molecule has 0 saturated carbocycles. The molecule has 9 nitrogen and oxygen atoms in total. The molecule has 1 heterocycles. The minimum Gasteiger partial charge on any atom is -0.341 e. The van der Waals surface area contributed by atoms with Crippen molar-refractivity contribution in [1.82, 2.24) is 19.7 Å². The predicted octanol–water partition coefficient (Wildman–Crippen LogP) is 1.56. The molecule has 0 bridgehead atoms. The number of rotatable bonds is 6. The summed E-state index contributed by atoms with van der Waals surface area (Å²) in [6.07, 6.45) is 1.29. The molecular formula is C16H22N6O3S. The van der Waals surface area contributed by atoms with Gasteiger partial charge < -0.3 is 4.90 Å². The highest BCUT2D eigenvalue weighted by atomic mass is 32.2. The van der Waals surface area contributed by atoms with Crippen LogP contribution in [0.25, 0.3) is 0 Å². The summed E-state index contributed by atoms with van der Waals surface area (Å²) in [5.74, 6) is 0.472. The van der Waals surface area contributed by atoms with Crippen molar-refractivity contribution in [2.24, 2.45) is 0 Å². The van der Waals surface area contributed by atoms with Gasteiger partial charge in [-0.3, -0.25) is 4.90 Å². The minimum absolute atomic E-state index is 0.00401. The Morgan fingerprint density at radius 2 is 1.65 bits per heavy atom. The lowest BCUT2D eigenvalue weighted by molar-refractivity contribution is 0.252. The van der Waals surface area contributed by atoms with Crippen molar-refractivity contribution in [3.8, 4) is 0 Å². The summed E-state index contributed by atoms with van der Waals surface area (Å²) in [7, 11) is -2.60. The average molecular weight is 378 g/mol. The third-order valence-electron chi connectivity index (χ3n) is 3.75. The molecular weight excluding hydrogens is 356 g/mol. The quantitative estimate of drug-likeness (QED) is 0.812. The lowest BCUT2D eigenvalue weighted by Gasteiger charge is -2.20. The number of aromatic nitrogens is 3. The molecule has 0 saturated heterocycles. The number of benzene rings is 1. The van der Waals surface area contributed by atoms with Crippen molar-refractivity contribution < 1.29 is 13.2 Å². The molecule has 26 heavy (non-hydrogen) atoms. The number of nitrogens with one attached hydrogen (secondary N) is 1. The number of hydrogen-bond acceptors (Lipinski definition) is 7. The van der Waals surface area contributed by atoms with Crippen LogP contribution < -0.4 is 14.5 Å². The van der Waals surface area contributed by atoms with Gasteiger partial charge in [0, 0.05) is 20.1 Å². The van der Waals surface area contributed by atoms with E-state index >= 15 is 0 Å². The van der Waals surface area contributed by atoms with E-state index in [4.69, 9.17) is 0 Å². The largest absolute Gasteiger partial charge is 0.341 e. The standard InChI is InChI=1S/C16H22N6O3S/c1-5-22(6-2)15-18-11-17-14(19-15)21(4)16(23)20-26(24,25)13-9-7-12(3)8-10-13/h7-11H,5-6H2,1-4H3,(H,20,23). The fourth-order valence-corrected chi connectivity index (χ4v) is 3.13. The second kappa shape index (κ2) is 8.09. The predicted molar refractivity (Wildman–Crippen MR) is 98.7 cm³/mol. The van der Waals surface area contributed by atoms with Gasteiger partial charge in [-0.25, -0.2) is 27.9 Å². The molecule has 0 spiro atoms. The third kappa shape index (κ3) is 4.45. The number of sulfonamides is 1. The van der Waals surface area contributed by atoms with Crippen LogP contribution in [0.5, 0.6) is 0 Å². The zero-order valence-corrected chi connectivity index (χ0v) is 16.0. The van der Waals surface area contributed by atoms with Crippen molar-refractivity contribution >= 4 is 28.0 Å². The van der Waals surface area contributed by atoms with Crippen LogP contribution in [-0.4, -0.2) is 49.5 Å². The van der Waals surface area contributed by atoms with E-state index in [1.165, 1.54) is 25.5 Å². The van der Waals surface area contributed by atoms with Gasteiger partial charge in [0.1, 0.15) is 6.33 Å². The monoisotopic (exact) mass is 378 g/mol. The maximum Gasteiger partial charge on any atom is 0.337 e. The molecule has 1 aromatic heterocycles. The highest BCUT2D eigenvalue weighted by Gasteiger charge is 2.22. The molecule has 0 atom stereocenters. The van der Waals surface area contributed by atoms with Crippen LogP contribution in [0.2, 0.25) is 0 Å². The third-order valence-corrected chi connectivity index (χ3v) is 5.09. The first-order valence-electron chi connectivity index (χ1n) is 8.09. The van der Waals surface area contributed by atoms with Gasteiger partial charge in [0.15, 0.2) is 0 Å². The molecule has 0 unspecified atom stereocenters. The van der Waals surface area contributed by atoms with Crippen molar-refractivity contribution in [3.05, 3.63) is 36.2 Å². The molecule has 2 aromatic rings. The lowest BCUT2D eigenvalue weighted by atomic mass is 10.2. The SMILES string of the molecule is CCN(CC)c1ncnc(N(C)C(=O)NS(=O)(=O)c2ccc(C)cc2)n1. The van der Waals surface area contributed by atoms with E-state index in [0.717, 1.165) is 10.5 Å². The zero-order chi connectivity index (χ0) is 19.3. The van der Waals surface area contributed by atoms with E-state index in [1.54, 1.807) is 12.1 Å². The summed E-state index contributed by atoms with van der Waals surface area (Å²) < 4.78 is 26.7. The molecule has 2 rings (SSSR count). The van der Waals surface area contributed by atoms with Gasteiger partial charge in [-0.05, 0) is 32.9 Å². The average Bonchev–Trinajstić information content (AvgIpc) is 2.62. The van der Waals surface area contributed by atoms with Crippen molar-refractivity contribution in [3.63, 3.8) is 0 Å². The normalized spacial score (nSPS) is 11.1. The summed E-state index contributed by atoms with van der Waals surface area (Å²) in [5.41, 5.74) is 0.918. The van der Waals surface area contributed by atoms with Gasteiger partial charge in [0.05, 0.1) is 4.90 Å². The van der Waals surface area contributed by atoms with Crippen LogP contribution in [0.1, 0.15) is 19.4 Å². The summed E-state index contributed by atoms with van der Waals surface area (Å²) >= 11 is 0. The highest BCUT2D eigenvalue weighted by molar-refractivity contribution is 7.90. The number of aryl methyl sites for hydroxylation is 1. The molecule has 0 aliphatic carbocycles. The van der Waals surface area contributed by atoms with Crippen LogP contribution in [0, 0.1) is 6.92 Å². The van der Waals surface area contributed by atoms with Crippen LogP contribution in [-0.2, 0) is 10.0 Å². The Hall–Kier alpha value is -2.75. The Labute approximate surface area is 153 Å². The van der Waals surface area contributed by atoms with E-state index in [0.29, 0.717) is 19.0 Å². The van der Waals surface area contributed by atoms with Crippen molar-refractivity contribution in [1.29, 1.82) is 0 Å². The molecule has 140 valence electrons. The molecule has 0 aliphatic rings. The Kier molecular flexibility index (Phi) is 6.09. The first kappa shape index (κ1) is 19.6. The van der Waals surface area contributed by atoms with Gasteiger partial charge in [-0.1, -0.05) is 17.7 Å². The Morgan fingerprint density at radius 3 is 2.23 bits per heavy atom. The van der Waals surface area contributed by atoms with Crippen molar-refractivity contribution in [2.45, 2.75) is 25.7 Å². The van der Waals surface area contributed by atoms with E-state index in [2.05, 4.69) is 15.0 Å². The Balaban J connectivity index is 2.19. The maximum atomic E-state index is 12.3. The number of urea groups is 1. The fourth-order valence-electron chi connectivity index (χ4n) is 2.15.